The molecule has 0 radical (unpaired) electrons. The van der Waals surface area contributed by atoms with Crippen LogP contribution in [0.4, 0.5) is 0 Å². The second-order valence-corrected chi connectivity index (χ2v) is 19.6. The summed E-state index contributed by atoms with van der Waals surface area (Å²) in [4.78, 5) is 64.2. The molecule has 0 aliphatic heterocycles. The molecule has 12 atom stereocenters. The van der Waals surface area contributed by atoms with E-state index in [1.165, 1.54) is 38.5 Å². The Morgan fingerprint density at radius 1 is 0.645 bits per heavy atom. The van der Waals surface area contributed by atoms with Gasteiger partial charge in [0, 0.05) is 43.8 Å². The lowest BCUT2D eigenvalue weighted by molar-refractivity contribution is -0.225. The maximum atomic E-state index is 13.3. The van der Waals surface area contributed by atoms with Crippen LogP contribution in [0, 0.1) is 46.3 Å². The Kier molecular flexibility index (Phi) is 21.4. The van der Waals surface area contributed by atoms with Crippen molar-refractivity contribution in [3.63, 3.8) is 0 Å². The number of hydrogen-bond donors (Lipinski definition) is 4. The van der Waals surface area contributed by atoms with Gasteiger partial charge in [-0.2, -0.15) is 0 Å². The summed E-state index contributed by atoms with van der Waals surface area (Å²) in [6.45, 7) is 9.03. The van der Waals surface area contributed by atoms with Gasteiger partial charge in [-0.05, 0) is 92.8 Å². The lowest BCUT2D eigenvalue weighted by atomic mass is 9.43. The Labute approximate surface area is 371 Å². The van der Waals surface area contributed by atoms with Gasteiger partial charge in [0.1, 0.15) is 37.6 Å². The minimum Gasteiger partial charge on any atom is -0.463 e. The summed E-state index contributed by atoms with van der Waals surface area (Å²) in [6, 6.07) is 0. The first-order chi connectivity index (χ1) is 29.7. The van der Waals surface area contributed by atoms with Gasteiger partial charge in [0.25, 0.3) is 0 Å². The molecule has 0 saturated heterocycles. The summed E-state index contributed by atoms with van der Waals surface area (Å²) >= 11 is 0. The van der Waals surface area contributed by atoms with Gasteiger partial charge in [0.05, 0.1) is 19.3 Å². The maximum Gasteiger partial charge on any atom is 0.307 e. The molecule has 356 valence electrons. The fraction of sp³-hybridized carbons (Fsp3) is 0.896. The molecule has 0 amide bonds. The largest absolute Gasteiger partial charge is 0.463 e. The molecule has 4 fully saturated rings. The topological polar surface area (TPSA) is 230 Å². The molecule has 4 rings (SSSR count). The summed E-state index contributed by atoms with van der Waals surface area (Å²) < 4.78 is 29.4. The molecule has 4 aliphatic rings. The molecule has 4 saturated carbocycles. The molecule has 0 aromatic rings. The predicted octanol–water partition coefficient (Wildman–Crippen LogP) is 6.43. The number of hydrogen-bond acceptors (Lipinski definition) is 14. The molecule has 0 aromatic carbocycles. The average Bonchev–Trinajstić information content (AvgIpc) is 3.59. The standard InChI is InChI=1S/C48H83N3O11/c1-5-6-7-8-9-10-11-12-13-14-41(53)58-30-34(52)31-59-42(54)18-15-32(2)36-16-17-37-46-38(29-40(48(36,37)4)62-45(57)22-26-51)47(3)23-19-35(60-43(55)20-24-49)27-33(47)28-39(46)61-44(56)21-25-50/h32-40,46,52H,5-31,49-51H2,1-4H3/t32-,33?,34?,35-,36-,37+,38+,39-,40+,46?,47+,48-/m1/s1. The van der Waals surface area contributed by atoms with Crippen molar-refractivity contribution in [3.05, 3.63) is 0 Å². The summed E-state index contributed by atoms with van der Waals surface area (Å²) in [6.07, 6.45) is 14.8. The maximum absolute atomic E-state index is 13.3. The summed E-state index contributed by atoms with van der Waals surface area (Å²) in [5.41, 5.74) is 16.6. The van der Waals surface area contributed by atoms with Crippen LogP contribution in [-0.2, 0) is 47.7 Å². The van der Waals surface area contributed by atoms with Crippen molar-refractivity contribution in [2.24, 2.45) is 63.5 Å². The van der Waals surface area contributed by atoms with Crippen LogP contribution in [0.3, 0.4) is 0 Å². The van der Waals surface area contributed by atoms with Gasteiger partial charge < -0.3 is 46.0 Å². The highest BCUT2D eigenvalue weighted by Gasteiger charge is 2.67. The number of nitrogens with two attached hydrogens (primary N) is 3. The molecule has 62 heavy (non-hydrogen) atoms. The Bertz CT molecular complexity index is 1430. The van der Waals surface area contributed by atoms with E-state index in [2.05, 4.69) is 27.7 Å². The molecular formula is C48H83N3O11. The third-order valence-electron chi connectivity index (χ3n) is 15.5. The number of carbonyl (C=O) groups is 5. The SMILES string of the molecule is CCCCCCCCCCCC(=O)OCC(O)COC(=O)CC[C@@H](C)[C@H]1CC[C@H]2C3[C@H](OC(=O)CCN)CC4C[C@H](OC(=O)CCN)CC[C@]4(C)[C@H]3C[C@H](OC(=O)CCN)[C@]12C. The van der Waals surface area contributed by atoms with Gasteiger partial charge in [0.15, 0.2) is 0 Å². The fourth-order valence-electron chi connectivity index (χ4n) is 12.2. The number of fused-ring (bicyclic) bond motifs is 5. The molecule has 0 aromatic heterocycles. The molecule has 0 spiro atoms. The van der Waals surface area contributed by atoms with Crippen molar-refractivity contribution < 1.29 is 52.8 Å². The van der Waals surface area contributed by atoms with Gasteiger partial charge in [-0.25, -0.2) is 0 Å². The van der Waals surface area contributed by atoms with Crippen molar-refractivity contribution >= 4 is 29.8 Å². The van der Waals surface area contributed by atoms with Gasteiger partial charge in [-0.15, -0.1) is 0 Å². The zero-order valence-electron chi connectivity index (χ0n) is 38.6. The summed E-state index contributed by atoms with van der Waals surface area (Å²) in [5.74, 6) is -1.30. The van der Waals surface area contributed by atoms with Crippen LogP contribution in [0.2, 0.25) is 0 Å². The Morgan fingerprint density at radius 3 is 1.82 bits per heavy atom. The lowest BCUT2D eigenvalue weighted by Crippen LogP contribution is -2.63. The monoisotopic (exact) mass is 878 g/mol. The zero-order valence-corrected chi connectivity index (χ0v) is 38.6. The van der Waals surface area contributed by atoms with Crippen LogP contribution in [0.25, 0.3) is 0 Å². The second-order valence-electron chi connectivity index (χ2n) is 19.6. The first-order valence-electron chi connectivity index (χ1n) is 24.4. The highest BCUT2D eigenvalue weighted by atomic mass is 16.6. The van der Waals surface area contributed by atoms with Gasteiger partial charge in [-0.3, -0.25) is 24.0 Å². The third-order valence-corrected chi connectivity index (χ3v) is 15.5. The minimum absolute atomic E-state index is 0.0200. The van der Waals surface area contributed by atoms with E-state index in [4.69, 9.17) is 40.9 Å². The van der Waals surface area contributed by atoms with E-state index in [1.807, 2.05) is 0 Å². The molecule has 4 aliphatic carbocycles. The van der Waals surface area contributed by atoms with E-state index in [0.29, 0.717) is 32.1 Å². The van der Waals surface area contributed by atoms with E-state index in [9.17, 15) is 29.1 Å². The molecule has 7 N–H and O–H groups in total. The summed E-state index contributed by atoms with van der Waals surface area (Å²) in [7, 11) is 0. The minimum atomic E-state index is -1.11. The number of ether oxygens (including phenoxy) is 5. The molecule has 0 bridgehead atoms. The van der Waals surface area contributed by atoms with E-state index in [-0.39, 0.29) is 136 Å². The van der Waals surface area contributed by atoms with Crippen LogP contribution in [0.1, 0.15) is 169 Å². The van der Waals surface area contributed by atoms with Crippen molar-refractivity contribution in [3.8, 4) is 0 Å². The van der Waals surface area contributed by atoms with Crippen LogP contribution in [0.15, 0.2) is 0 Å². The predicted molar refractivity (Wildman–Crippen MR) is 235 cm³/mol. The van der Waals surface area contributed by atoms with Crippen LogP contribution < -0.4 is 17.2 Å². The van der Waals surface area contributed by atoms with E-state index in [1.54, 1.807) is 0 Å². The van der Waals surface area contributed by atoms with E-state index >= 15 is 0 Å². The number of carbonyl (C=O) groups excluding carboxylic acids is 5. The highest BCUT2D eigenvalue weighted by Crippen LogP contribution is 2.69. The average molecular weight is 878 g/mol. The van der Waals surface area contributed by atoms with Crippen LogP contribution in [0.5, 0.6) is 0 Å². The smallest absolute Gasteiger partial charge is 0.307 e. The lowest BCUT2D eigenvalue weighted by Gasteiger charge is -2.64. The molecular weight excluding hydrogens is 795 g/mol. The van der Waals surface area contributed by atoms with Crippen molar-refractivity contribution in [1.82, 2.24) is 0 Å². The van der Waals surface area contributed by atoms with Crippen molar-refractivity contribution in [2.75, 3.05) is 32.8 Å². The Hall–Kier alpha value is -2.81. The first-order valence-corrected chi connectivity index (χ1v) is 24.4. The zero-order chi connectivity index (χ0) is 45.3. The Balaban J connectivity index is 1.38. The fourth-order valence-corrected chi connectivity index (χ4v) is 12.2. The molecule has 0 heterocycles. The summed E-state index contributed by atoms with van der Waals surface area (Å²) in [5, 5.41) is 10.4. The van der Waals surface area contributed by atoms with Crippen LogP contribution in [-0.4, -0.2) is 92.2 Å². The number of unbranched alkanes of at least 4 members (excludes halogenated alkanes) is 8. The number of rotatable bonds is 27. The molecule has 14 heteroatoms. The van der Waals surface area contributed by atoms with Crippen molar-refractivity contribution in [1.29, 1.82) is 0 Å². The molecule has 3 unspecified atom stereocenters. The third kappa shape index (κ3) is 14.1. The second kappa shape index (κ2) is 25.6. The number of aliphatic hydroxyl groups excluding tert-OH is 1. The Morgan fingerprint density at radius 2 is 1.21 bits per heavy atom. The number of aliphatic hydroxyl groups is 1. The first kappa shape index (κ1) is 51.8. The normalized spacial score (nSPS) is 31.1. The van der Waals surface area contributed by atoms with Gasteiger partial charge in [0.2, 0.25) is 0 Å². The number of esters is 5. The molecule has 14 nitrogen and oxygen atoms in total. The van der Waals surface area contributed by atoms with E-state index < -0.39 is 23.6 Å². The van der Waals surface area contributed by atoms with Gasteiger partial charge in [-0.1, -0.05) is 79.1 Å². The van der Waals surface area contributed by atoms with Crippen LogP contribution >= 0.6 is 0 Å². The van der Waals surface area contributed by atoms with E-state index in [0.717, 1.165) is 44.9 Å². The highest BCUT2D eigenvalue weighted by molar-refractivity contribution is 5.71. The van der Waals surface area contributed by atoms with Crippen molar-refractivity contribution in [2.45, 2.75) is 193 Å². The quantitative estimate of drug-likeness (QED) is 0.0396. The van der Waals surface area contributed by atoms with Gasteiger partial charge >= 0.3 is 29.8 Å².